The van der Waals surface area contributed by atoms with Crippen LogP contribution in [0.3, 0.4) is 0 Å². The van der Waals surface area contributed by atoms with Crippen LogP contribution in [0.4, 0.5) is 0 Å². The van der Waals surface area contributed by atoms with Gasteiger partial charge in [0, 0.05) is 10.0 Å². The fourth-order valence-corrected chi connectivity index (χ4v) is 2.25. The van der Waals surface area contributed by atoms with E-state index in [1.165, 1.54) is 0 Å². The Hall–Kier alpha value is -1.39. The van der Waals surface area contributed by atoms with Gasteiger partial charge in [-0.3, -0.25) is 9.69 Å². The first-order valence-electron chi connectivity index (χ1n) is 5.65. The monoisotopic (exact) mass is 307 g/mol. The Morgan fingerprint density at radius 1 is 1.28 bits per heavy atom. The minimum atomic E-state index is 0.0940. The van der Waals surface area contributed by atoms with Gasteiger partial charge in [0.15, 0.2) is 5.78 Å². The van der Waals surface area contributed by atoms with Gasteiger partial charge in [-0.1, -0.05) is 34.1 Å². The molecule has 2 aromatic rings. The van der Waals surface area contributed by atoms with E-state index in [2.05, 4.69) is 15.9 Å². The summed E-state index contributed by atoms with van der Waals surface area (Å²) in [5.41, 5.74) is 0.712. The minimum absolute atomic E-state index is 0.0940. The summed E-state index contributed by atoms with van der Waals surface area (Å²) in [4.78, 5) is 14.0. The molecule has 0 unspecified atom stereocenters. The van der Waals surface area contributed by atoms with Crippen molar-refractivity contribution >= 4 is 21.7 Å². The van der Waals surface area contributed by atoms with Gasteiger partial charge in [-0.05, 0) is 25.2 Å². The summed E-state index contributed by atoms with van der Waals surface area (Å²) in [6.07, 6.45) is 1.64. The first kappa shape index (κ1) is 13.1. The molecule has 0 saturated carbocycles. The van der Waals surface area contributed by atoms with Gasteiger partial charge in [0.25, 0.3) is 0 Å². The van der Waals surface area contributed by atoms with Gasteiger partial charge in [0.1, 0.15) is 5.76 Å². The number of likely N-dealkylation sites (N-methyl/N-ethyl adjacent to an activating group) is 1. The van der Waals surface area contributed by atoms with Crippen molar-refractivity contribution in [2.24, 2.45) is 0 Å². The molecule has 0 fully saturated rings. The maximum absolute atomic E-state index is 12.1. The number of benzene rings is 1. The van der Waals surface area contributed by atoms with E-state index in [1.807, 2.05) is 48.3 Å². The Balaban J connectivity index is 1.97. The highest BCUT2D eigenvalue weighted by Gasteiger charge is 2.12. The number of Topliss-reactive ketones (excluding diaryl/α,β-unsaturated/α-hetero) is 1. The topological polar surface area (TPSA) is 33.5 Å². The average Bonchev–Trinajstić information content (AvgIpc) is 2.82. The SMILES string of the molecule is CN(CC(=O)c1ccccc1Br)Cc1ccco1. The normalized spacial score (nSPS) is 10.8. The lowest BCUT2D eigenvalue weighted by Crippen LogP contribution is -2.25. The van der Waals surface area contributed by atoms with Gasteiger partial charge < -0.3 is 4.42 Å². The Morgan fingerprint density at radius 2 is 2.06 bits per heavy atom. The van der Waals surface area contributed by atoms with Crippen LogP contribution in [-0.4, -0.2) is 24.3 Å². The van der Waals surface area contributed by atoms with Crippen molar-refractivity contribution in [3.8, 4) is 0 Å². The molecule has 1 heterocycles. The van der Waals surface area contributed by atoms with Crippen molar-refractivity contribution in [1.29, 1.82) is 0 Å². The second kappa shape index (κ2) is 5.98. The van der Waals surface area contributed by atoms with Crippen molar-refractivity contribution in [2.75, 3.05) is 13.6 Å². The summed E-state index contributed by atoms with van der Waals surface area (Å²) in [6.45, 7) is 0.993. The zero-order chi connectivity index (χ0) is 13.0. The van der Waals surface area contributed by atoms with Crippen molar-refractivity contribution in [1.82, 2.24) is 4.90 Å². The van der Waals surface area contributed by atoms with E-state index in [1.54, 1.807) is 6.26 Å². The molecule has 18 heavy (non-hydrogen) atoms. The highest BCUT2D eigenvalue weighted by molar-refractivity contribution is 9.10. The van der Waals surface area contributed by atoms with Gasteiger partial charge in [0.05, 0.1) is 19.4 Å². The number of carbonyl (C=O) groups excluding carboxylic acids is 1. The molecule has 0 radical (unpaired) electrons. The third kappa shape index (κ3) is 3.31. The molecule has 1 aromatic carbocycles. The molecule has 2 rings (SSSR count). The fourth-order valence-electron chi connectivity index (χ4n) is 1.74. The van der Waals surface area contributed by atoms with Gasteiger partial charge in [-0.2, -0.15) is 0 Å². The second-order valence-corrected chi connectivity index (χ2v) is 5.01. The summed E-state index contributed by atoms with van der Waals surface area (Å²) < 4.78 is 6.09. The lowest BCUT2D eigenvalue weighted by Gasteiger charge is -2.14. The molecule has 0 atom stereocenters. The van der Waals surface area contributed by atoms with Crippen molar-refractivity contribution < 1.29 is 9.21 Å². The predicted octanol–water partition coefficient (Wildman–Crippen LogP) is 3.36. The van der Waals surface area contributed by atoms with Crippen LogP contribution in [0.25, 0.3) is 0 Å². The standard InChI is InChI=1S/C14H14BrNO2/c1-16(9-11-5-4-8-18-11)10-14(17)12-6-2-3-7-13(12)15/h2-8H,9-10H2,1H3. The third-order valence-corrected chi connectivity index (χ3v) is 3.29. The van der Waals surface area contributed by atoms with Gasteiger partial charge in [-0.25, -0.2) is 0 Å². The van der Waals surface area contributed by atoms with Crippen molar-refractivity contribution in [2.45, 2.75) is 6.54 Å². The molecular weight excluding hydrogens is 294 g/mol. The molecule has 0 spiro atoms. The molecule has 3 nitrogen and oxygen atoms in total. The Bertz CT molecular complexity index is 522. The van der Waals surface area contributed by atoms with E-state index < -0.39 is 0 Å². The summed E-state index contributed by atoms with van der Waals surface area (Å²) in [5, 5.41) is 0. The van der Waals surface area contributed by atoms with Crippen LogP contribution in [0.5, 0.6) is 0 Å². The molecule has 0 N–H and O–H groups in total. The Morgan fingerprint density at radius 3 is 2.72 bits per heavy atom. The van der Waals surface area contributed by atoms with Crippen LogP contribution < -0.4 is 0 Å². The average molecular weight is 308 g/mol. The maximum Gasteiger partial charge on any atom is 0.177 e. The zero-order valence-electron chi connectivity index (χ0n) is 10.1. The molecule has 94 valence electrons. The number of carbonyl (C=O) groups is 1. The van der Waals surface area contributed by atoms with Gasteiger partial charge in [-0.15, -0.1) is 0 Å². The number of rotatable bonds is 5. The Kier molecular flexibility index (Phi) is 4.33. The van der Waals surface area contributed by atoms with E-state index in [0.717, 1.165) is 10.2 Å². The van der Waals surface area contributed by atoms with Crippen molar-refractivity contribution in [3.63, 3.8) is 0 Å². The minimum Gasteiger partial charge on any atom is -0.468 e. The molecule has 0 aliphatic heterocycles. The molecule has 0 aliphatic rings. The summed E-state index contributed by atoms with van der Waals surface area (Å²) in [6, 6.07) is 11.2. The quantitative estimate of drug-likeness (QED) is 0.794. The first-order valence-corrected chi connectivity index (χ1v) is 6.45. The maximum atomic E-state index is 12.1. The summed E-state index contributed by atoms with van der Waals surface area (Å²) in [7, 11) is 1.90. The summed E-state index contributed by atoms with van der Waals surface area (Å²) in [5.74, 6) is 0.953. The lowest BCUT2D eigenvalue weighted by atomic mass is 10.1. The van der Waals surface area contributed by atoms with Gasteiger partial charge >= 0.3 is 0 Å². The van der Waals surface area contributed by atoms with E-state index >= 15 is 0 Å². The van der Waals surface area contributed by atoms with Crippen LogP contribution in [0.1, 0.15) is 16.1 Å². The molecule has 4 heteroatoms. The number of halogens is 1. The molecule has 0 bridgehead atoms. The van der Waals surface area contributed by atoms with E-state index in [0.29, 0.717) is 18.7 Å². The van der Waals surface area contributed by atoms with Crippen LogP contribution in [0.2, 0.25) is 0 Å². The summed E-state index contributed by atoms with van der Waals surface area (Å²) >= 11 is 3.39. The predicted molar refractivity (Wildman–Crippen MR) is 73.5 cm³/mol. The molecule has 1 aromatic heterocycles. The first-order chi connectivity index (χ1) is 8.66. The van der Waals surface area contributed by atoms with Crippen LogP contribution in [-0.2, 0) is 6.54 Å². The number of ketones is 1. The number of nitrogens with zero attached hydrogens (tertiary/aromatic N) is 1. The second-order valence-electron chi connectivity index (χ2n) is 4.15. The van der Waals surface area contributed by atoms with E-state index in [4.69, 9.17) is 4.42 Å². The van der Waals surface area contributed by atoms with Crippen LogP contribution in [0, 0.1) is 0 Å². The molecule has 0 amide bonds. The number of hydrogen-bond acceptors (Lipinski definition) is 3. The van der Waals surface area contributed by atoms with Crippen LogP contribution in [0.15, 0.2) is 51.6 Å². The Labute approximate surface area is 115 Å². The highest BCUT2D eigenvalue weighted by Crippen LogP contribution is 2.17. The lowest BCUT2D eigenvalue weighted by molar-refractivity contribution is 0.0939. The number of furan rings is 1. The van der Waals surface area contributed by atoms with Crippen molar-refractivity contribution in [3.05, 3.63) is 58.5 Å². The highest BCUT2D eigenvalue weighted by atomic mass is 79.9. The largest absolute Gasteiger partial charge is 0.468 e. The van der Waals surface area contributed by atoms with E-state index in [9.17, 15) is 4.79 Å². The third-order valence-electron chi connectivity index (χ3n) is 2.59. The fraction of sp³-hybridized carbons (Fsp3) is 0.214. The molecular formula is C14H14BrNO2. The zero-order valence-corrected chi connectivity index (χ0v) is 11.7. The number of hydrogen-bond donors (Lipinski definition) is 0. The molecule has 0 aliphatic carbocycles. The van der Waals surface area contributed by atoms with Crippen LogP contribution >= 0.6 is 15.9 Å². The van der Waals surface area contributed by atoms with Gasteiger partial charge in [0.2, 0.25) is 0 Å². The van der Waals surface area contributed by atoms with E-state index in [-0.39, 0.29) is 5.78 Å². The smallest absolute Gasteiger partial charge is 0.177 e. The molecule has 0 saturated heterocycles.